The van der Waals surface area contributed by atoms with Gasteiger partial charge in [0.05, 0.1) is 0 Å². The Morgan fingerprint density at radius 1 is 0.706 bits per heavy atom. The molecule has 2 rings (SSSR count). The average Bonchev–Trinajstić information content (AvgIpc) is 2.40. The van der Waals surface area contributed by atoms with E-state index in [4.69, 9.17) is 0 Å². The monoisotopic (exact) mass is 353 g/mol. The van der Waals surface area contributed by atoms with Gasteiger partial charge in [0.15, 0.2) is 0 Å². The van der Waals surface area contributed by atoms with Crippen molar-refractivity contribution in [1.29, 1.82) is 0 Å². The Morgan fingerprint density at radius 3 is 1.53 bits per heavy atom. The lowest BCUT2D eigenvalue weighted by atomic mass is 10.1. The highest BCUT2D eigenvalue weighted by Crippen LogP contribution is 2.26. The van der Waals surface area contributed by atoms with Crippen LogP contribution in [0.3, 0.4) is 0 Å². The van der Waals surface area contributed by atoms with Crippen LogP contribution in [0.2, 0.25) is 0 Å². The number of benzene rings is 2. The summed E-state index contributed by atoms with van der Waals surface area (Å²) in [7, 11) is 0. The van der Waals surface area contributed by atoms with E-state index in [-0.39, 0.29) is 0 Å². The number of hydrogen-bond acceptors (Lipinski definition) is 1. The topological polar surface area (TPSA) is 12.0 Å². The van der Waals surface area contributed by atoms with Crippen LogP contribution in [0, 0.1) is 0 Å². The highest BCUT2D eigenvalue weighted by atomic mass is 79.9. The van der Waals surface area contributed by atoms with Crippen LogP contribution >= 0.6 is 31.9 Å². The van der Waals surface area contributed by atoms with Gasteiger partial charge >= 0.3 is 0 Å². The van der Waals surface area contributed by atoms with Gasteiger partial charge in [0.1, 0.15) is 0 Å². The first-order valence-corrected chi connectivity index (χ1v) is 7.64. The molecule has 2 aromatic carbocycles. The molecule has 0 spiro atoms. The van der Waals surface area contributed by atoms with Crippen molar-refractivity contribution >= 4 is 43.2 Å². The van der Waals surface area contributed by atoms with E-state index in [9.17, 15) is 0 Å². The molecular formula is C14H13Br2N. The van der Waals surface area contributed by atoms with Crippen LogP contribution in [0.1, 0.15) is 11.1 Å². The van der Waals surface area contributed by atoms with Gasteiger partial charge in [-0.1, -0.05) is 68.3 Å². The standard InChI is InChI=1S/C14H13Br2N/c15-9-11-5-1-3-7-13(11)17-14-8-4-2-6-12(14)10-16/h1-8,17H,9-10H2. The molecule has 2 aromatic rings. The Kier molecular flexibility index (Phi) is 4.63. The van der Waals surface area contributed by atoms with Crippen LogP contribution in [0.5, 0.6) is 0 Å². The molecule has 0 aliphatic carbocycles. The van der Waals surface area contributed by atoms with E-state index in [1.165, 1.54) is 11.1 Å². The smallest absolute Gasteiger partial charge is 0.0425 e. The van der Waals surface area contributed by atoms with Crippen molar-refractivity contribution in [2.75, 3.05) is 5.32 Å². The third-order valence-corrected chi connectivity index (χ3v) is 3.80. The van der Waals surface area contributed by atoms with Crippen LogP contribution in [-0.4, -0.2) is 0 Å². The molecule has 17 heavy (non-hydrogen) atoms. The Bertz CT molecular complexity index is 452. The number of para-hydroxylation sites is 2. The molecule has 0 aromatic heterocycles. The molecule has 1 N–H and O–H groups in total. The number of alkyl halides is 2. The Hall–Kier alpha value is -0.800. The molecular weight excluding hydrogens is 342 g/mol. The molecule has 0 bridgehead atoms. The van der Waals surface area contributed by atoms with E-state index in [0.717, 1.165) is 22.0 Å². The molecule has 0 aliphatic heterocycles. The SMILES string of the molecule is BrCc1ccccc1Nc1ccccc1CBr. The van der Waals surface area contributed by atoms with Gasteiger partial charge in [0.2, 0.25) is 0 Å². The van der Waals surface area contributed by atoms with Gasteiger partial charge in [-0.2, -0.15) is 0 Å². The van der Waals surface area contributed by atoms with E-state index in [0.29, 0.717) is 0 Å². The molecule has 0 fully saturated rings. The molecule has 0 saturated carbocycles. The van der Waals surface area contributed by atoms with E-state index in [1.807, 2.05) is 12.1 Å². The van der Waals surface area contributed by atoms with E-state index in [1.54, 1.807) is 0 Å². The summed E-state index contributed by atoms with van der Waals surface area (Å²) in [5, 5.41) is 5.19. The second kappa shape index (κ2) is 6.22. The normalized spacial score (nSPS) is 10.2. The van der Waals surface area contributed by atoms with Gasteiger partial charge in [0.25, 0.3) is 0 Å². The summed E-state index contributed by atoms with van der Waals surface area (Å²) in [6, 6.07) is 16.6. The van der Waals surface area contributed by atoms with Crippen molar-refractivity contribution in [3.05, 3.63) is 59.7 Å². The van der Waals surface area contributed by atoms with Crippen LogP contribution in [0.4, 0.5) is 11.4 Å². The first-order valence-electron chi connectivity index (χ1n) is 5.40. The molecule has 0 saturated heterocycles. The number of anilines is 2. The van der Waals surface area contributed by atoms with E-state index < -0.39 is 0 Å². The van der Waals surface area contributed by atoms with Gasteiger partial charge in [0, 0.05) is 22.0 Å². The largest absolute Gasteiger partial charge is 0.355 e. The van der Waals surface area contributed by atoms with Gasteiger partial charge in [-0.15, -0.1) is 0 Å². The fourth-order valence-electron chi connectivity index (χ4n) is 1.66. The maximum absolute atomic E-state index is 3.51. The molecule has 88 valence electrons. The molecule has 0 atom stereocenters. The van der Waals surface area contributed by atoms with Crippen molar-refractivity contribution in [1.82, 2.24) is 0 Å². The van der Waals surface area contributed by atoms with E-state index >= 15 is 0 Å². The summed E-state index contributed by atoms with van der Waals surface area (Å²) in [6.45, 7) is 0. The number of nitrogens with one attached hydrogen (secondary N) is 1. The lowest BCUT2D eigenvalue weighted by Gasteiger charge is -2.13. The van der Waals surface area contributed by atoms with Crippen LogP contribution < -0.4 is 5.32 Å². The van der Waals surface area contributed by atoms with Crippen molar-refractivity contribution in [2.24, 2.45) is 0 Å². The van der Waals surface area contributed by atoms with Crippen LogP contribution in [0.25, 0.3) is 0 Å². The first kappa shape index (κ1) is 12.7. The summed E-state index contributed by atoms with van der Waals surface area (Å²) in [6.07, 6.45) is 0. The number of halogens is 2. The van der Waals surface area contributed by atoms with Gasteiger partial charge in [-0.05, 0) is 23.3 Å². The third kappa shape index (κ3) is 3.11. The molecule has 0 heterocycles. The second-order valence-electron chi connectivity index (χ2n) is 3.71. The molecule has 1 nitrogen and oxygen atoms in total. The van der Waals surface area contributed by atoms with Crippen molar-refractivity contribution < 1.29 is 0 Å². The third-order valence-electron chi connectivity index (χ3n) is 2.59. The molecule has 0 amide bonds. The molecule has 3 heteroatoms. The first-order chi connectivity index (χ1) is 8.35. The maximum atomic E-state index is 3.51. The Morgan fingerprint density at radius 2 is 1.12 bits per heavy atom. The second-order valence-corrected chi connectivity index (χ2v) is 4.83. The number of rotatable bonds is 4. The lowest BCUT2D eigenvalue weighted by Crippen LogP contribution is -1.97. The minimum absolute atomic E-state index is 0.854. The summed E-state index contributed by atoms with van der Waals surface area (Å²) in [4.78, 5) is 0. The zero-order valence-electron chi connectivity index (χ0n) is 9.29. The fourth-order valence-corrected chi connectivity index (χ4v) is 2.64. The zero-order chi connectivity index (χ0) is 12.1. The number of hydrogen-bond donors (Lipinski definition) is 1. The van der Waals surface area contributed by atoms with Gasteiger partial charge in [-0.3, -0.25) is 0 Å². The summed E-state index contributed by atoms with van der Waals surface area (Å²) in [5.74, 6) is 0. The predicted molar refractivity (Wildman–Crippen MR) is 81.4 cm³/mol. The summed E-state index contributed by atoms with van der Waals surface area (Å²) >= 11 is 7.02. The van der Waals surface area contributed by atoms with Crippen molar-refractivity contribution in [2.45, 2.75) is 10.7 Å². The Labute approximate surface area is 119 Å². The van der Waals surface area contributed by atoms with E-state index in [2.05, 4.69) is 73.6 Å². The van der Waals surface area contributed by atoms with Crippen molar-refractivity contribution in [3.63, 3.8) is 0 Å². The average molecular weight is 355 g/mol. The summed E-state index contributed by atoms with van der Waals surface area (Å²) < 4.78 is 0. The lowest BCUT2D eigenvalue weighted by molar-refractivity contribution is 1.37. The quantitative estimate of drug-likeness (QED) is 0.742. The summed E-state index contributed by atoms with van der Waals surface area (Å²) in [5.41, 5.74) is 4.82. The van der Waals surface area contributed by atoms with Gasteiger partial charge in [-0.25, -0.2) is 0 Å². The predicted octanol–water partition coefficient (Wildman–Crippen LogP) is 5.22. The highest BCUT2D eigenvalue weighted by molar-refractivity contribution is 9.08. The molecule has 0 radical (unpaired) electrons. The minimum Gasteiger partial charge on any atom is -0.355 e. The molecule has 0 unspecified atom stereocenters. The Balaban J connectivity index is 2.31. The van der Waals surface area contributed by atoms with Gasteiger partial charge < -0.3 is 5.32 Å². The van der Waals surface area contributed by atoms with Crippen molar-refractivity contribution in [3.8, 4) is 0 Å². The maximum Gasteiger partial charge on any atom is 0.0425 e. The zero-order valence-corrected chi connectivity index (χ0v) is 12.5. The molecule has 0 aliphatic rings. The highest BCUT2D eigenvalue weighted by Gasteiger charge is 2.03. The van der Waals surface area contributed by atoms with Crippen LogP contribution in [-0.2, 0) is 10.7 Å². The minimum atomic E-state index is 0.854. The van der Waals surface area contributed by atoms with Crippen LogP contribution in [0.15, 0.2) is 48.5 Å². The fraction of sp³-hybridized carbons (Fsp3) is 0.143.